The molecule has 5 nitrogen and oxygen atoms in total. The van der Waals surface area contributed by atoms with Crippen molar-refractivity contribution in [3.05, 3.63) is 16.1 Å². The lowest BCUT2D eigenvalue weighted by Gasteiger charge is -2.20. The molecule has 0 atom stereocenters. The van der Waals surface area contributed by atoms with E-state index in [0.717, 1.165) is 24.4 Å². The zero-order valence-electron chi connectivity index (χ0n) is 12.0. The van der Waals surface area contributed by atoms with Gasteiger partial charge in [0.15, 0.2) is 0 Å². The number of nitrogens with one attached hydrogen (secondary N) is 1. The molecule has 0 saturated heterocycles. The van der Waals surface area contributed by atoms with Gasteiger partial charge in [0.25, 0.3) is 5.91 Å². The second-order valence-electron chi connectivity index (χ2n) is 4.85. The Bertz CT molecular complexity index is 392. The molecule has 1 heterocycles. The summed E-state index contributed by atoms with van der Waals surface area (Å²) in [7, 11) is 2.09. The fraction of sp³-hybridized carbons (Fsp3) is 0.692. The molecule has 108 valence electrons. The first-order valence-corrected chi connectivity index (χ1v) is 7.55. The van der Waals surface area contributed by atoms with Crippen molar-refractivity contribution in [2.45, 2.75) is 32.7 Å². The van der Waals surface area contributed by atoms with Crippen molar-refractivity contribution in [2.75, 3.05) is 26.7 Å². The van der Waals surface area contributed by atoms with Crippen LogP contribution in [0.1, 0.15) is 35.8 Å². The first-order valence-electron chi connectivity index (χ1n) is 6.67. The Morgan fingerprint density at radius 2 is 2.32 bits per heavy atom. The van der Waals surface area contributed by atoms with Crippen LogP contribution < -0.4 is 11.1 Å². The van der Waals surface area contributed by atoms with E-state index in [1.165, 1.54) is 11.3 Å². The predicted molar refractivity (Wildman–Crippen MR) is 79.6 cm³/mol. The first kappa shape index (κ1) is 16.1. The molecule has 0 aliphatic carbocycles. The van der Waals surface area contributed by atoms with Crippen LogP contribution in [0.2, 0.25) is 0 Å². The average Bonchev–Trinajstić information content (AvgIpc) is 2.83. The lowest BCUT2D eigenvalue weighted by Crippen LogP contribution is -2.31. The first-order chi connectivity index (χ1) is 9.04. The van der Waals surface area contributed by atoms with E-state index in [9.17, 15) is 4.79 Å². The Hall–Kier alpha value is -0.980. The molecule has 0 unspecified atom stereocenters. The monoisotopic (exact) mass is 284 g/mol. The summed E-state index contributed by atoms with van der Waals surface area (Å²) in [6, 6.07) is 0.535. The summed E-state index contributed by atoms with van der Waals surface area (Å²) in [5.41, 5.74) is 5.96. The summed E-state index contributed by atoms with van der Waals surface area (Å²) in [5, 5.41) is 5.61. The molecule has 0 radical (unpaired) electrons. The number of carbonyl (C=O) groups is 1. The topological polar surface area (TPSA) is 71.2 Å². The Morgan fingerprint density at radius 3 is 2.95 bits per heavy atom. The molecule has 0 bridgehead atoms. The van der Waals surface area contributed by atoms with Gasteiger partial charge in [0, 0.05) is 24.4 Å². The quantitative estimate of drug-likeness (QED) is 0.701. The summed E-state index contributed by atoms with van der Waals surface area (Å²) in [4.78, 5) is 18.3. The standard InChI is InChI=1S/C13H24N4OS/c1-10(2)17(3)8-4-7-15-13(18)11-9-19-12(16-11)5-6-14/h9-10H,4-8,14H2,1-3H3,(H,15,18). The van der Waals surface area contributed by atoms with Gasteiger partial charge in [-0.15, -0.1) is 11.3 Å². The van der Waals surface area contributed by atoms with Crippen molar-refractivity contribution >= 4 is 17.2 Å². The van der Waals surface area contributed by atoms with Crippen molar-refractivity contribution in [2.24, 2.45) is 5.73 Å². The third kappa shape index (κ3) is 5.67. The van der Waals surface area contributed by atoms with E-state index in [1.54, 1.807) is 5.38 Å². The summed E-state index contributed by atoms with van der Waals surface area (Å²) >= 11 is 1.49. The van der Waals surface area contributed by atoms with Crippen LogP contribution in [-0.4, -0.2) is 48.5 Å². The van der Waals surface area contributed by atoms with E-state index < -0.39 is 0 Å². The number of rotatable bonds is 8. The lowest BCUT2D eigenvalue weighted by molar-refractivity contribution is 0.0947. The summed E-state index contributed by atoms with van der Waals surface area (Å²) in [6.45, 7) is 6.54. The SMILES string of the molecule is CC(C)N(C)CCCNC(=O)c1csc(CCN)n1. The molecule has 19 heavy (non-hydrogen) atoms. The zero-order chi connectivity index (χ0) is 14.3. The number of nitrogens with zero attached hydrogens (tertiary/aromatic N) is 2. The molecule has 0 spiro atoms. The van der Waals surface area contributed by atoms with Crippen LogP contribution in [0.15, 0.2) is 5.38 Å². The molecule has 1 amide bonds. The summed E-state index contributed by atoms with van der Waals surface area (Å²) < 4.78 is 0. The van der Waals surface area contributed by atoms with Gasteiger partial charge in [0.1, 0.15) is 5.69 Å². The van der Waals surface area contributed by atoms with Crippen molar-refractivity contribution in [1.82, 2.24) is 15.2 Å². The molecule has 6 heteroatoms. The largest absolute Gasteiger partial charge is 0.351 e. The van der Waals surface area contributed by atoms with Crippen LogP contribution in [0, 0.1) is 0 Å². The zero-order valence-corrected chi connectivity index (χ0v) is 12.8. The van der Waals surface area contributed by atoms with E-state index in [2.05, 4.69) is 36.1 Å². The molecule has 0 saturated carbocycles. The Labute approximate surface area is 119 Å². The highest BCUT2D eigenvalue weighted by atomic mass is 32.1. The van der Waals surface area contributed by atoms with E-state index in [0.29, 0.717) is 24.8 Å². The molecule has 0 aliphatic heterocycles. The molecule has 1 aromatic heterocycles. The molecule has 0 aliphatic rings. The third-order valence-corrected chi connectivity index (χ3v) is 3.91. The lowest BCUT2D eigenvalue weighted by atomic mass is 10.3. The minimum atomic E-state index is -0.0910. The van der Waals surface area contributed by atoms with E-state index >= 15 is 0 Å². The Balaban J connectivity index is 2.27. The van der Waals surface area contributed by atoms with Crippen LogP contribution in [0.4, 0.5) is 0 Å². The molecule has 1 aromatic rings. The maximum atomic E-state index is 11.8. The molecule has 0 aromatic carbocycles. The van der Waals surface area contributed by atoms with Gasteiger partial charge in [0.2, 0.25) is 0 Å². The molecule has 0 fully saturated rings. The van der Waals surface area contributed by atoms with Gasteiger partial charge >= 0.3 is 0 Å². The minimum absolute atomic E-state index is 0.0910. The number of amides is 1. The van der Waals surface area contributed by atoms with E-state index in [1.807, 2.05) is 0 Å². The third-order valence-electron chi connectivity index (χ3n) is 3.00. The fourth-order valence-corrected chi connectivity index (χ4v) is 2.33. The predicted octanol–water partition coefficient (Wildman–Crippen LogP) is 1.10. The average molecular weight is 284 g/mol. The van der Waals surface area contributed by atoms with Crippen molar-refractivity contribution in [1.29, 1.82) is 0 Å². The normalized spacial score (nSPS) is 11.3. The van der Waals surface area contributed by atoms with Crippen LogP contribution in [0.25, 0.3) is 0 Å². The van der Waals surface area contributed by atoms with Crippen LogP contribution >= 0.6 is 11.3 Å². The van der Waals surface area contributed by atoms with Gasteiger partial charge < -0.3 is 16.0 Å². The maximum absolute atomic E-state index is 11.8. The van der Waals surface area contributed by atoms with Gasteiger partial charge in [-0.2, -0.15) is 0 Å². The molecule has 3 N–H and O–H groups in total. The number of carbonyl (C=O) groups excluding carboxylic acids is 1. The summed E-state index contributed by atoms with van der Waals surface area (Å²) in [5.74, 6) is -0.0910. The number of hydrogen-bond donors (Lipinski definition) is 2. The smallest absolute Gasteiger partial charge is 0.270 e. The number of hydrogen-bond acceptors (Lipinski definition) is 5. The van der Waals surface area contributed by atoms with E-state index in [4.69, 9.17) is 5.73 Å². The van der Waals surface area contributed by atoms with Gasteiger partial charge in [-0.1, -0.05) is 0 Å². The molecular weight excluding hydrogens is 260 g/mol. The van der Waals surface area contributed by atoms with Gasteiger partial charge in [-0.3, -0.25) is 4.79 Å². The van der Waals surface area contributed by atoms with Crippen LogP contribution in [-0.2, 0) is 6.42 Å². The highest BCUT2D eigenvalue weighted by Crippen LogP contribution is 2.09. The number of aromatic nitrogens is 1. The van der Waals surface area contributed by atoms with Gasteiger partial charge in [0.05, 0.1) is 5.01 Å². The number of thiazole rings is 1. The Kier molecular flexibility index (Phi) is 6.97. The van der Waals surface area contributed by atoms with Crippen molar-refractivity contribution in [3.63, 3.8) is 0 Å². The number of nitrogens with two attached hydrogens (primary N) is 1. The Morgan fingerprint density at radius 1 is 1.58 bits per heavy atom. The van der Waals surface area contributed by atoms with Gasteiger partial charge in [-0.25, -0.2) is 4.98 Å². The van der Waals surface area contributed by atoms with Gasteiger partial charge in [-0.05, 0) is 40.4 Å². The minimum Gasteiger partial charge on any atom is -0.351 e. The molecule has 1 rings (SSSR count). The van der Waals surface area contributed by atoms with Crippen molar-refractivity contribution in [3.8, 4) is 0 Å². The van der Waals surface area contributed by atoms with Crippen molar-refractivity contribution < 1.29 is 4.79 Å². The second-order valence-corrected chi connectivity index (χ2v) is 5.79. The maximum Gasteiger partial charge on any atom is 0.270 e. The molecular formula is C13H24N4OS. The van der Waals surface area contributed by atoms with E-state index in [-0.39, 0.29) is 5.91 Å². The highest BCUT2D eigenvalue weighted by Gasteiger charge is 2.10. The second kappa shape index (κ2) is 8.24. The fourth-order valence-electron chi connectivity index (χ4n) is 1.53. The van der Waals surface area contributed by atoms with Crippen LogP contribution in [0.3, 0.4) is 0 Å². The highest BCUT2D eigenvalue weighted by molar-refractivity contribution is 7.09. The summed E-state index contributed by atoms with van der Waals surface area (Å²) in [6.07, 6.45) is 1.68. The van der Waals surface area contributed by atoms with Crippen LogP contribution in [0.5, 0.6) is 0 Å².